The summed E-state index contributed by atoms with van der Waals surface area (Å²) < 4.78 is 5.82. The number of hydrogen-bond donors (Lipinski definition) is 6. The minimum absolute atomic E-state index is 0.0427. The Morgan fingerprint density at radius 2 is 1.58 bits per heavy atom. The molecule has 0 aromatic heterocycles. The Bertz CT molecular complexity index is 1850. The first kappa shape index (κ1) is 37.2. The molecule has 3 aromatic rings. The lowest BCUT2D eigenvalue weighted by Crippen LogP contribution is -2.54. The van der Waals surface area contributed by atoms with Gasteiger partial charge in [0, 0.05) is 49.3 Å². The molecule has 0 bridgehead atoms. The number of rotatable bonds is 17. The Kier molecular flexibility index (Phi) is 12.7. The van der Waals surface area contributed by atoms with Gasteiger partial charge in [-0.15, -0.1) is 0 Å². The van der Waals surface area contributed by atoms with Crippen LogP contribution in [-0.4, -0.2) is 83.7 Å². The number of anilines is 1. The monoisotopic (exact) mass is 712 g/mol. The Balaban J connectivity index is 0.930. The Labute approximate surface area is 299 Å². The second-order valence-electron chi connectivity index (χ2n) is 12.3. The highest BCUT2D eigenvalue weighted by molar-refractivity contribution is 6.25. The molecule has 272 valence electrons. The summed E-state index contributed by atoms with van der Waals surface area (Å²) in [6.07, 6.45) is 3.32. The maximum Gasteiger partial charge on any atom is 0.274 e. The Hall–Kier alpha value is -6.09. The van der Waals surface area contributed by atoms with Gasteiger partial charge in [0.2, 0.25) is 17.7 Å². The van der Waals surface area contributed by atoms with Crippen molar-refractivity contribution in [2.24, 2.45) is 0 Å². The zero-order valence-corrected chi connectivity index (χ0v) is 28.4. The second kappa shape index (κ2) is 17.7. The molecule has 1 fully saturated rings. The maximum atomic E-state index is 13.2. The number of nitrogens with zero attached hydrogens (tertiary/aromatic N) is 1. The number of benzene rings is 3. The van der Waals surface area contributed by atoms with Crippen molar-refractivity contribution < 1.29 is 43.5 Å². The number of nitrogens with one attached hydrogen (secondary N) is 5. The number of ether oxygens (including phenoxy) is 1. The first-order chi connectivity index (χ1) is 25.2. The SMILES string of the molecule is O=C(CCCCCOc1ccc(CCNC(=O)c2cccc(C(=O)NO)c2)cc1)NCCNc1cccc2c1C(=O)N(C1CCC(=O)NC1=O)C2=O. The van der Waals surface area contributed by atoms with Gasteiger partial charge in [-0.3, -0.25) is 49.0 Å². The van der Waals surface area contributed by atoms with Crippen molar-refractivity contribution in [2.75, 3.05) is 31.6 Å². The third-order valence-electron chi connectivity index (χ3n) is 8.66. The fourth-order valence-electron chi connectivity index (χ4n) is 5.95. The molecule has 5 rings (SSSR count). The van der Waals surface area contributed by atoms with Crippen LogP contribution in [0, 0.1) is 0 Å². The van der Waals surface area contributed by atoms with E-state index in [0.29, 0.717) is 56.8 Å². The highest BCUT2D eigenvalue weighted by Crippen LogP contribution is 2.32. The van der Waals surface area contributed by atoms with Crippen LogP contribution in [0.25, 0.3) is 0 Å². The number of fused-ring (bicyclic) bond motifs is 1. The van der Waals surface area contributed by atoms with E-state index >= 15 is 0 Å². The number of amides is 7. The van der Waals surface area contributed by atoms with Crippen molar-refractivity contribution >= 4 is 47.0 Å². The molecule has 2 heterocycles. The van der Waals surface area contributed by atoms with Gasteiger partial charge in [0.05, 0.1) is 17.7 Å². The number of imide groups is 2. The Morgan fingerprint density at radius 3 is 2.33 bits per heavy atom. The normalized spacial score (nSPS) is 15.1. The number of carbonyl (C=O) groups excluding carboxylic acids is 7. The molecule has 2 aliphatic heterocycles. The van der Waals surface area contributed by atoms with Crippen molar-refractivity contribution in [3.8, 4) is 5.75 Å². The van der Waals surface area contributed by atoms with Crippen molar-refractivity contribution in [3.63, 3.8) is 0 Å². The van der Waals surface area contributed by atoms with Crippen molar-refractivity contribution in [2.45, 2.75) is 51.0 Å². The van der Waals surface area contributed by atoms with E-state index in [1.807, 2.05) is 24.3 Å². The van der Waals surface area contributed by atoms with Crippen LogP contribution in [0.15, 0.2) is 66.7 Å². The number of hydroxylamine groups is 1. The standard InChI is InChI=1S/C37H40N6O9/c44-30(39-20-19-38-28-9-5-8-27-32(28)37(50)43(36(27)49)29-15-16-31(45)41-35(29)48)10-2-1-3-21-52-26-13-11-23(12-14-26)17-18-40-33(46)24-6-4-7-25(22-24)34(47)42-51/h4-9,11-14,22,29,38,51H,1-3,10,15-21H2,(H,39,44)(H,40,46)(H,42,47)(H,41,45,48). The van der Waals surface area contributed by atoms with E-state index in [0.717, 1.165) is 29.1 Å². The predicted molar refractivity (Wildman–Crippen MR) is 187 cm³/mol. The minimum Gasteiger partial charge on any atom is -0.494 e. The summed E-state index contributed by atoms with van der Waals surface area (Å²) in [5.41, 5.74) is 3.82. The first-order valence-corrected chi connectivity index (χ1v) is 17.1. The van der Waals surface area contributed by atoms with E-state index in [1.54, 1.807) is 29.7 Å². The van der Waals surface area contributed by atoms with Gasteiger partial charge >= 0.3 is 0 Å². The van der Waals surface area contributed by atoms with E-state index in [9.17, 15) is 33.6 Å². The van der Waals surface area contributed by atoms with Crippen LogP contribution in [-0.2, 0) is 20.8 Å². The van der Waals surface area contributed by atoms with Gasteiger partial charge in [-0.2, -0.15) is 0 Å². The second-order valence-corrected chi connectivity index (χ2v) is 12.3. The van der Waals surface area contributed by atoms with Crippen molar-refractivity contribution in [1.29, 1.82) is 0 Å². The molecule has 0 spiro atoms. The minimum atomic E-state index is -1.04. The fourth-order valence-corrected chi connectivity index (χ4v) is 5.95. The molecule has 15 nitrogen and oxygen atoms in total. The average Bonchev–Trinajstić information content (AvgIpc) is 3.40. The molecular formula is C37H40N6O9. The summed E-state index contributed by atoms with van der Waals surface area (Å²) in [5.74, 6) is -2.69. The summed E-state index contributed by atoms with van der Waals surface area (Å²) in [6, 6.07) is 17.4. The maximum absolute atomic E-state index is 13.2. The molecule has 0 radical (unpaired) electrons. The van der Waals surface area contributed by atoms with E-state index in [2.05, 4.69) is 21.3 Å². The van der Waals surface area contributed by atoms with E-state index in [1.165, 1.54) is 18.2 Å². The van der Waals surface area contributed by atoms with Crippen LogP contribution >= 0.6 is 0 Å². The molecule has 1 saturated heterocycles. The quantitative estimate of drug-likeness (QED) is 0.0520. The molecular weight excluding hydrogens is 672 g/mol. The van der Waals surface area contributed by atoms with Crippen molar-refractivity contribution in [3.05, 3.63) is 94.5 Å². The summed E-state index contributed by atoms with van der Waals surface area (Å²) in [6.45, 7) is 1.50. The van der Waals surface area contributed by atoms with Crippen LogP contribution in [0.3, 0.4) is 0 Å². The van der Waals surface area contributed by atoms with Gasteiger partial charge in [0.1, 0.15) is 11.8 Å². The molecule has 6 N–H and O–H groups in total. The summed E-state index contributed by atoms with van der Waals surface area (Å²) in [4.78, 5) is 87.3. The largest absolute Gasteiger partial charge is 0.494 e. The first-order valence-electron chi connectivity index (χ1n) is 17.1. The fraction of sp³-hybridized carbons (Fsp3) is 0.324. The predicted octanol–water partition coefficient (Wildman–Crippen LogP) is 2.35. The topological polar surface area (TPSA) is 212 Å². The molecule has 1 atom stereocenters. The average molecular weight is 713 g/mol. The third-order valence-corrected chi connectivity index (χ3v) is 8.66. The lowest BCUT2D eigenvalue weighted by Gasteiger charge is -2.27. The molecule has 3 aromatic carbocycles. The van der Waals surface area contributed by atoms with Crippen LogP contribution in [0.1, 0.15) is 85.5 Å². The molecule has 0 aliphatic carbocycles. The van der Waals surface area contributed by atoms with Crippen LogP contribution in [0.4, 0.5) is 5.69 Å². The van der Waals surface area contributed by atoms with Crippen LogP contribution in [0.2, 0.25) is 0 Å². The van der Waals surface area contributed by atoms with Crippen molar-refractivity contribution in [1.82, 2.24) is 26.3 Å². The molecule has 15 heteroatoms. The number of carbonyl (C=O) groups is 7. The number of piperidine rings is 1. The third kappa shape index (κ3) is 9.37. The molecule has 1 unspecified atom stereocenters. The molecule has 2 aliphatic rings. The highest BCUT2D eigenvalue weighted by Gasteiger charge is 2.45. The lowest BCUT2D eigenvalue weighted by atomic mass is 10.0. The number of hydrogen-bond acceptors (Lipinski definition) is 10. The van der Waals surface area contributed by atoms with Gasteiger partial charge in [0.15, 0.2) is 0 Å². The highest BCUT2D eigenvalue weighted by atomic mass is 16.5. The zero-order valence-electron chi connectivity index (χ0n) is 28.4. The lowest BCUT2D eigenvalue weighted by molar-refractivity contribution is -0.136. The van der Waals surface area contributed by atoms with Gasteiger partial charge in [0.25, 0.3) is 23.6 Å². The Morgan fingerprint density at radius 1 is 0.827 bits per heavy atom. The van der Waals surface area contributed by atoms with E-state index in [-0.39, 0.29) is 41.3 Å². The zero-order chi connectivity index (χ0) is 37.0. The van der Waals surface area contributed by atoms with Gasteiger partial charge in [-0.25, -0.2) is 5.48 Å². The van der Waals surface area contributed by atoms with E-state index in [4.69, 9.17) is 9.94 Å². The van der Waals surface area contributed by atoms with Gasteiger partial charge < -0.3 is 20.7 Å². The smallest absolute Gasteiger partial charge is 0.274 e. The van der Waals surface area contributed by atoms with Crippen LogP contribution in [0.5, 0.6) is 5.75 Å². The molecule has 52 heavy (non-hydrogen) atoms. The molecule has 7 amide bonds. The van der Waals surface area contributed by atoms with E-state index < -0.39 is 35.6 Å². The summed E-state index contributed by atoms with van der Waals surface area (Å²) in [5, 5.41) is 19.7. The van der Waals surface area contributed by atoms with Gasteiger partial charge in [-0.05, 0) is 80.1 Å². The number of unbranched alkanes of at least 4 members (excludes halogenated alkanes) is 2. The van der Waals surface area contributed by atoms with Crippen LogP contribution < -0.4 is 31.5 Å². The van der Waals surface area contributed by atoms with Gasteiger partial charge in [-0.1, -0.05) is 24.3 Å². The summed E-state index contributed by atoms with van der Waals surface area (Å²) >= 11 is 0. The molecule has 0 saturated carbocycles. The summed E-state index contributed by atoms with van der Waals surface area (Å²) in [7, 11) is 0.